The monoisotopic (exact) mass is 482 g/mol. The first-order valence-corrected chi connectivity index (χ1v) is 12.0. The summed E-state index contributed by atoms with van der Waals surface area (Å²) in [6, 6.07) is 2.31. The van der Waals surface area contributed by atoms with E-state index in [1.165, 1.54) is 11.0 Å². The minimum absolute atomic E-state index is 0.103. The molecule has 35 heavy (non-hydrogen) atoms. The molecular formula is C26H30N2O7. The molecule has 4 aliphatic rings. The summed E-state index contributed by atoms with van der Waals surface area (Å²) in [7, 11) is 3.17. The summed E-state index contributed by atoms with van der Waals surface area (Å²) in [6.45, 7) is 0. The first-order valence-electron chi connectivity index (χ1n) is 12.0. The van der Waals surface area contributed by atoms with Gasteiger partial charge in [-0.15, -0.1) is 0 Å². The summed E-state index contributed by atoms with van der Waals surface area (Å²) in [4.78, 5) is 40.5. The Morgan fingerprint density at radius 1 is 1.09 bits per heavy atom. The Hall–Kier alpha value is -3.17. The van der Waals surface area contributed by atoms with Crippen molar-refractivity contribution in [1.82, 2.24) is 4.90 Å². The maximum absolute atomic E-state index is 13.8. The van der Waals surface area contributed by atoms with Crippen molar-refractivity contribution in [2.45, 2.75) is 56.1 Å². The highest BCUT2D eigenvalue weighted by Crippen LogP contribution is 2.53. The number of nitrogens with two attached hydrogens (primary N) is 1. The normalized spacial score (nSPS) is 31.0. The molecule has 0 heterocycles. The van der Waals surface area contributed by atoms with Crippen LogP contribution in [0.5, 0.6) is 5.75 Å². The van der Waals surface area contributed by atoms with Crippen LogP contribution in [0.4, 0.5) is 0 Å². The molecule has 0 bridgehead atoms. The lowest BCUT2D eigenvalue weighted by molar-refractivity contribution is -0.153. The molecule has 4 aliphatic carbocycles. The van der Waals surface area contributed by atoms with E-state index in [9.17, 15) is 34.8 Å². The van der Waals surface area contributed by atoms with Gasteiger partial charge in [0.2, 0.25) is 5.78 Å². The number of aliphatic hydroxyl groups is 3. The first kappa shape index (κ1) is 23.6. The summed E-state index contributed by atoms with van der Waals surface area (Å²) in [6.07, 6.45) is 4.66. The van der Waals surface area contributed by atoms with Crippen LogP contribution in [-0.4, -0.2) is 68.5 Å². The van der Waals surface area contributed by atoms with Gasteiger partial charge in [0.15, 0.2) is 11.4 Å². The number of hydrogen-bond donors (Lipinski definition) is 5. The van der Waals surface area contributed by atoms with Crippen molar-refractivity contribution in [1.29, 1.82) is 0 Å². The van der Waals surface area contributed by atoms with Gasteiger partial charge < -0.3 is 26.2 Å². The largest absolute Gasteiger partial charge is 0.508 e. The average Bonchev–Trinajstić information content (AvgIpc) is 3.30. The highest BCUT2D eigenvalue weighted by atomic mass is 16.3. The highest BCUT2D eigenvalue weighted by Gasteiger charge is 2.64. The Balaban J connectivity index is 1.72. The number of likely N-dealkylation sites (N-methyl/N-ethyl adjacent to an activating group) is 1. The van der Waals surface area contributed by atoms with Gasteiger partial charge >= 0.3 is 0 Å². The summed E-state index contributed by atoms with van der Waals surface area (Å²) in [5.74, 6) is -5.96. The third-order valence-corrected chi connectivity index (χ3v) is 8.44. The Labute approximate surface area is 202 Å². The van der Waals surface area contributed by atoms with Crippen LogP contribution >= 0.6 is 0 Å². The van der Waals surface area contributed by atoms with E-state index >= 15 is 0 Å². The van der Waals surface area contributed by atoms with E-state index in [2.05, 4.69) is 0 Å². The molecule has 4 atom stereocenters. The SMILES string of the molecule is CN(C)[C@H]1C(=O)C(C(N)=O)=C(O)[C@@]2(O)C(=O)C3=C(O)c4c(O)ccc(C5CCCC5)c4C[C@@H]3C[C@H]12. The molecule has 6 N–H and O–H groups in total. The Kier molecular flexibility index (Phi) is 5.34. The molecule has 0 aliphatic heterocycles. The van der Waals surface area contributed by atoms with Gasteiger partial charge in [-0.25, -0.2) is 0 Å². The number of carbonyl (C=O) groups is 3. The smallest absolute Gasteiger partial charge is 0.255 e. The molecule has 0 radical (unpaired) electrons. The minimum Gasteiger partial charge on any atom is -0.508 e. The molecular weight excluding hydrogens is 452 g/mol. The predicted molar refractivity (Wildman–Crippen MR) is 125 cm³/mol. The van der Waals surface area contributed by atoms with Crippen LogP contribution in [0.2, 0.25) is 0 Å². The number of rotatable bonds is 3. The molecule has 1 aromatic rings. The second kappa shape index (κ2) is 7.93. The number of fused-ring (bicyclic) bond motifs is 3. The standard InChI is InChI=1S/C26H30N2O7/c1-28(2)20-15-10-12-9-14-13(11-5-3-4-6-11)7-8-16(29)18(14)21(30)17(12)23(32)26(15,35)24(33)19(22(20)31)25(27)34/h7-8,11-12,15,20,29-30,33,35H,3-6,9-10H2,1-2H3,(H2,27,34)/t12-,15-,20-,26+/m1/s1. The molecule has 0 spiro atoms. The van der Waals surface area contributed by atoms with Crippen LogP contribution in [0.25, 0.3) is 5.76 Å². The van der Waals surface area contributed by atoms with Gasteiger partial charge in [-0.2, -0.15) is 0 Å². The summed E-state index contributed by atoms with van der Waals surface area (Å²) < 4.78 is 0. The Bertz CT molecular complexity index is 1220. The van der Waals surface area contributed by atoms with Crippen LogP contribution in [0.3, 0.4) is 0 Å². The predicted octanol–water partition coefficient (Wildman–Crippen LogP) is 1.62. The zero-order chi connectivity index (χ0) is 25.4. The fourth-order valence-electron chi connectivity index (χ4n) is 6.89. The lowest BCUT2D eigenvalue weighted by Crippen LogP contribution is -2.65. The van der Waals surface area contributed by atoms with E-state index in [0.717, 1.165) is 36.8 Å². The Morgan fingerprint density at radius 3 is 2.34 bits per heavy atom. The number of nitrogens with zero attached hydrogens (tertiary/aromatic N) is 1. The number of phenolic OH excluding ortho intramolecular Hbond substituents is 1. The van der Waals surface area contributed by atoms with Gasteiger partial charge in [-0.3, -0.25) is 19.3 Å². The maximum Gasteiger partial charge on any atom is 0.255 e. The molecule has 9 heteroatoms. The van der Waals surface area contributed by atoms with Crippen molar-refractivity contribution >= 4 is 23.2 Å². The van der Waals surface area contributed by atoms with Crippen molar-refractivity contribution in [3.63, 3.8) is 0 Å². The second-order valence-electron chi connectivity index (χ2n) is 10.5. The van der Waals surface area contributed by atoms with Gasteiger partial charge in [0.05, 0.1) is 11.6 Å². The quantitative estimate of drug-likeness (QED) is 0.406. The molecule has 186 valence electrons. The van der Waals surface area contributed by atoms with Gasteiger partial charge in [-0.05, 0) is 68.8 Å². The zero-order valence-corrected chi connectivity index (χ0v) is 19.7. The number of benzene rings is 1. The fourth-order valence-corrected chi connectivity index (χ4v) is 6.89. The van der Waals surface area contributed by atoms with Gasteiger partial charge in [0, 0.05) is 11.5 Å². The first-order chi connectivity index (χ1) is 16.5. The minimum atomic E-state index is -2.61. The Morgan fingerprint density at radius 2 is 1.74 bits per heavy atom. The van der Waals surface area contributed by atoms with E-state index in [4.69, 9.17) is 5.73 Å². The van der Waals surface area contributed by atoms with Crippen LogP contribution in [0.15, 0.2) is 29.0 Å². The van der Waals surface area contributed by atoms with E-state index < -0.39 is 58.0 Å². The molecule has 1 aromatic carbocycles. The number of hydrogen-bond acceptors (Lipinski definition) is 8. The van der Waals surface area contributed by atoms with E-state index in [1.54, 1.807) is 14.1 Å². The van der Waals surface area contributed by atoms with Crippen molar-refractivity contribution in [2.75, 3.05) is 14.1 Å². The van der Waals surface area contributed by atoms with Gasteiger partial charge in [0.1, 0.15) is 22.8 Å². The van der Waals surface area contributed by atoms with Crippen molar-refractivity contribution < 1.29 is 34.8 Å². The molecule has 0 aromatic heterocycles. The number of aromatic hydroxyl groups is 1. The fraction of sp³-hybridized carbons (Fsp3) is 0.500. The third kappa shape index (κ3) is 3.11. The molecule has 0 unspecified atom stereocenters. The van der Waals surface area contributed by atoms with Crippen LogP contribution in [0.1, 0.15) is 54.7 Å². The number of carbonyl (C=O) groups excluding carboxylic acids is 3. The molecule has 9 nitrogen and oxygen atoms in total. The van der Waals surface area contributed by atoms with E-state index in [-0.39, 0.29) is 23.3 Å². The summed E-state index contributed by atoms with van der Waals surface area (Å²) >= 11 is 0. The zero-order valence-electron chi connectivity index (χ0n) is 19.7. The van der Waals surface area contributed by atoms with Crippen molar-refractivity contribution in [3.05, 3.63) is 45.7 Å². The number of Topliss-reactive ketones (excluding diaryl/α,β-unsaturated/α-hetero) is 2. The number of aliphatic hydroxyl groups excluding tert-OH is 2. The van der Waals surface area contributed by atoms with Gasteiger partial charge in [-0.1, -0.05) is 18.9 Å². The summed E-state index contributed by atoms with van der Waals surface area (Å²) in [5, 5.41) is 44.4. The molecule has 2 fully saturated rings. The molecule has 1 amide bonds. The van der Waals surface area contributed by atoms with E-state index in [0.29, 0.717) is 12.3 Å². The third-order valence-electron chi connectivity index (χ3n) is 8.44. The number of amides is 1. The second-order valence-corrected chi connectivity index (χ2v) is 10.5. The van der Waals surface area contributed by atoms with E-state index in [1.807, 2.05) is 6.07 Å². The molecule has 0 saturated heterocycles. The number of ketones is 2. The van der Waals surface area contributed by atoms with Crippen molar-refractivity contribution in [3.8, 4) is 5.75 Å². The molecule has 5 rings (SSSR count). The maximum atomic E-state index is 13.8. The van der Waals surface area contributed by atoms with Crippen LogP contribution in [-0.2, 0) is 20.8 Å². The topological polar surface area (TPSA) is 161 Å². The summed E-state index contributed by atoms with van der Waals surface area (Å²) in [5.41, 5.74) is 3.80. The van der Waals surface area contributed by atoms with Crippen molar-refractivity contribution in [2.24, 2.45) is 17.6 Å². The number of primary amides is 1. The lowest BCUT2D eigenvalue weighted by atomic mass is 9.57. The lowest BCUT2D eigenvalue weighted by Gasteiger charge is -2.50. The number of phenols is 1. The van der Waals surface area contributed by atoms with Crippen LogP contribution < -0.4 is 5.73 Å². The highest BCUT2D eigenvalue weighted by molar-refractivity contribution is 6.24. The molecule has 2 saturated carbocycles. The average molecular weight is 483 g/mol. The van der Waals surface area contributed by atoms with Gasteiger partial charge in [0.25, 0.3) is 5.91 Å². The van der Waals surface area contributed by atoms with Crippen LogP contribution in [0, 0.1) is 11.8 Å².